The number of benzene rings is 1. The molecule has 154 valence electrons. The topological polar surface area (TPSA) is 0 Å². The second-order valence-electron chi connectivity index (χ2n) is 8.57. The van der Waals surface area contributed by atoms with Gasteiger partial charge in [0.25, 0.3) is 0 Å². The van der Waals surface area contributed by atoms with Crippen molar-refractivity contribution in [2.24, 2.45) is 5.92 Å². The first-order valence-electron chi connectivity index (χ1n) is 10.6. The molecule has 0 radical (unpaired) electrons. The number of rotatable bonds is 3. The first-order valence-corrected chi connectivity index (χ1v) is 14.4. The second kappa shape index (κ2) is 10.2. The number of allylic oxidation sites excluding steroid dienone is 8. The molecule has 0 bridgehead atoms. The standard InChI is InChI=1S/C9H11.C9H13.C8H8.2ClH.Zr/c1-2-5-9-7-3-6-8(9)4-1;1-6-5-7(2)9(4)8(6)3;1-2-8-6-4-3-5-7-8;;;/h3,6-7H,1-2,4-5H2;6H,1-4H3;3-7H,1H3;2*1H;/q;;;;;+2/p-2. The van der Waals surface area contributed by atoms with E-state index in [1.165, 1.54) is 31.2 Å². The van der Waals surface area contributed by atoms with Gasteiger partial charge in [-0.3, -0.25) is 0 Å². The van der Waals surface area contributed by atoms with Gasteiger partial charge in [0.05, 0.1) is 0 Å². The molecule has 1 aromatic rings. The normalized spacial score (nSPS) is 23.7. The molecule has 3 aliphatic rings. The SMILES string of the molecule is CC1=C(C)C(C)[C](/[Zr+2](=[C](/C)c2ccccc2)[CH]2C=CC3=C2CCCC3)=C1C.[Cl-].[Cl-]. The molecule has 0 saturated heterocycles. The van der Waals surface area contributed by atoms with Gasteiger partial charge < -0.3 is 24.8 Å². The maximum Gasteiger partial charge on any atom is -1.00 e. The van der Waals surface area contributed by atoms with Crippen molar-refractivity contribution in [2.45, 2.75) is 63.9 Å². The van der Waals surface area contributed by atoms with Crippen LogP contribution in [0.4, 0.5) is 0 Å². The second-order valence-corrected chi connectivity index (χ2v) is 15.3. The smallest absolute Gasteiger partial charge is 1.00 e. The van der Waals surface area contributed by atoms with Gasteiger partial charge in [-0.2, -0.15) is 0 Å². The average Bonchev–Trinajstić information content (AvgIpc) is 3.20. The zero-order chi connectivity index (χ0) is 19.1. The molecule has 4 rings (SSSR count). The fraction of sp³-hybridized carbons (Fsp3) is 0.423. The van der Waals surface area contributed by atoms with Gasteiger partial charge in [0, 0.05) is 0 Å². The van der Waals surface area contributed by atoms with Crippen molar-refractivity contribution in [3.63, 3.8) is 0 Å². The van der Waals surface area contributed by atoms with E-state index in [9.17, 15) is 0 Å². The minimum Gasteiger partial charge on any atom is -1.00 e. The Balaban J connectivity index is 0.00000150. The van der Waals surface area contributed by atoms with Crippen LogP contribution in [0.3, 0.4) is 0 Å². The van der Waals surface area contributed by atoms with Crippen LogP contribution in [-0.2, 0) is 21.3 Å². The molecular weight excluding hydrogens is 474 g/mol. The Morgan fingerprint density at radius 1 is 0.931 bits per heavy atom. The van der Waals surface area contributed by atoms with Crippen LogP contribution < -0.4 is 24.8 Å². The quantitative estimate of drug-likeness (QED) is 0.581. The summed E-state index contributed by atoms with van der Waals surface area (Å²) < 4.78 is 4.34. The van der Waals surface area contributed by atoms with Gasteiger partial charge >= 0.3 is 174 Å². The Bertz CT molecular complexity index is 929. The maximum atomic E-state index is 2.62. The third kappa shape index (κ3) is 4.44. The van der Waals surface area contributed by atoms with Crippen LogP contribution in [0.2, 0.25) is 3.63 Å². The molecule has 3 aliphatic carbocycles. The summed E-state index contributed by atoms with van der Waals surface area (Å²) in [7, 11) is 0. The van der Waals surface area contributed by atoms with Crippen LogP contribution in [0.15, 0.2) is 73.6 Å². The minimum atomic E-state index is -2.09. The predicted molar refractivity (Wildman–Crippen MR) is 115 cm³/mol. The molecule has 0 fully saturated rings. The van der Waals surface area contributed by atoms with E-state index in [4.69, 9.17) is 0 Å². The molecule has 0 saturated carbocycles. The van der Waals surface area contributed by atoms with Gasteiger partial charge in [0.15, 0.2) is 0 Å². The third-order valence-corrected chi connectivity index (χ3v) is 16.2. The molecule has 0 N–H and O–H groups in total. The summed E-state index contributed by atoms with van der Waals surface area (Å²) in [5.41, 5.74) is 9.80. The van der Waals surface area contributed by atoms with E-state index in [1.807, 2.05) is 8.85 Å². The van der Waals surface area contributed by atoms with Crippen LogP contribution >= 0.6 is 0 Å². The van der Waals surface area contributed by atoms with Crippen molar-refractivity contribution in [1.29, 1.82) is 0 Å². The Morgan fingerprint density at radius 3 is 2.21 bits per heavy atom. The van der Waals surface area contributed by atoms with Crippen LogP contribution in [0.25, 0.3) is 0 Å². The van der Waals surface area contributed by atoms with Crippen molar-refractivity contribution in [3.8, 4) is 0 Å². The Hall–Kier alpha value is -0.487. The zero-order valence-electron chi connectivity index (χ0n) is 18.3. The maximum absolute atomic E-state index is 2.62. The number of hydrogen-bond acceptors (Lipinski definition) is 0. The molecule has 0 aliphatic heterocycles. The van der Waals surface area contributed by atoms with Crippen LogP contribution in [-0.4, -0.2) is 3.21 Å². The van der Waals surface area contributed by atoms with Gasteiger partial charge in [0.2, 0.25) is 0 Å². The van der Waals surface area contributed by atoms with Gasteiger partial charge in [-0.25, -0.2) is 0 Å². The van der Waals surface area contributed by atoms with Crippen LogP contribution in [0.1, 0.15) is 65.9 Å². The first kappa shape index (κ1) is 24.8. The summed E-state index contributed by atoms with van der Waals surface area (Å²) in [6.07, 6.45) is 10.5. The minimum absolute atomic E-state index is 0. The van der Waals surface area contributed by atoms with Gasteiger partial charge in [0.1, 0.15) is 0 Å². The molecule has 0 spiro atoms. The molecule has 3 heteroatoms. The van der Waals surface area contributed by atoms with Gasteiger partial charge in [-0.05, 0) is 0 Å². The Kier molecular flexibility index (Phi) is 8.73. The molecule has 1 aromatic carbocycles. The summed E-state index contributed by atoms with van der Waals surface area (Å²) in [5, 5.41) is 0. The molecule has 2 atom stereocenters. The first-order chi connectivity index (χ1) is 13.0. The third-order valence-electron chi connectivity index (χ3n) is 7.27. The van der Waals surface area contributed by atoms with E-state index in [2.05, 4.69) is 77.1 Å². The summed E-state index contributed by atoms with van der Waals surface area (Å²) >= 11 is -2.09. The van der Waals surface area contributed by atoms with Gasteiger partial charge in [-0.1, -0.05) is 0 Å². The van der Waals surface area contributed by atoms with Crippen molar-refractivity contribution in [1.82, 2.24) is 0 Å². The molecule has 29 heavy (non-hydrogen) atoms. The number of halogens is 2. The van der Waals surface area contributed by atoms with E-state index in [0.717, 1.165) is 3.63 Å². The molecule has 0 heterocycles. The fourth-order valence-corrected chi connectivity index (χ4v) is 15.0. The summed E-state index contributed by atoms with van der Waals surface area (Å²) in [6, 6.07) is 11.3. The monoisotopic (exact) mass is 504 g/mol. The molecule has 0 amide bonds. The average molecular weight is 507 g/mol. The fourth-order valence-electron chi connectivity index (χ4n) is 5.34. The molecular formula is C26H32Cl2Zr. The Morgan fingerprint density at radius 2 is 1.59 bits per heavy atom. The largest absolute Gasteiger partial charge is 1.00 e. The zero-order valence-corrected chi connectivity index (χ0v) is 22.3. The summed E-state index contributed by atoms with van der Waals surface area (Å²) in [6.45, 7) is 12.1. The molecule has 2 unspecified atom stereocenters. The summed E-state index contributed by atoms with van der Waals surface area (Å²) in [5.74, 6) is 0.639. The van der Waals surface area contributed by atoms with E-state index in [1.54, 1.807) is 25.5 Å². The van der Waals surface area contributed by atoms with Crippen LogP contribution in [0, 0.1) is 5.92 Å². The van der Waals surface area contributed by atoms with E-state index in [0.29, 0.717) is 5.92 Å². The van der Waals surface area contributed by atoms with Crippen molar-refractivity contribution in [3.05, 3.63) is 79.2 Å². The Labute approximate surface area is 197 Å². The van der Waals surface area contributed by atoms with Crippen LogP contribution in [0.5, 0.6) is 0 Å². The number of hydrogen-bond donors (Lipinski definition) is 0. The molecule has 0 aromatic heterocycles. The van der Waals surface area contributed by atoms with E-state index >= 15 is 0 Å². The van der Waals surface area contributed by atoms with Crippen molar-refractivity contribution < 1.29 is 46.1 Å². The van der Waals surface area contributed by atoms with Gasteiger partial charge in [-0.15, -0.1) is 0 Å². The van der Waals surface area contributed by atoms with Crippen molar-refractivity contribution in [2.75, 3.05) is 0 Å². The predicted octanol–water partition coefficient (Wildman–Crippen LogP) is 1.34. The van der Waals surface area contributed by atoms with Crippen molar-refractivity contribution >= 4 is 3.21 Å². The van der Waals surface area contributed by atoms with E-state index in [-0.39, 0.29) is 24.8 Å². The van der Waals surface area contributed by atoms with E-state index < -0.39 is 21.3 Å². The molecule has 0 nitrogen and oxygen atoms in total. The summed E-state index contributed by atoms with van der Waals surface area (Å²) in [4.78, 5) is 0.